The van der Waals surface area contributed by atoms with E-state index in [0.29, 0.717) is 47.5 Å². The summed E-state index contributed by atoms with van der Waals surface area (Å²) in [6, 6.07) is 3.25. The average molecular weight is 274 g/mol. The molecule has 0 atom stereocenters. The Morgan fingerprint density at radius 3 is 2.60 bits per heavy atom. The van der Waals surface area contributed by atoms with Crippen LogP contribution in [0, 0.1) is 0 Å². The van der Waals surface area contributed by atoms with Gasteiger partial charge in [0.1, 0.15) is 33.8 Å². The van der Waals surface area contributed by atoms with Gasteiger partial charge in [0.25, 0.3) is 0 Å². The van der Waals surface area contributed by atoms with Crippen molar-refractivity contribution in [3.05, 3.63) is 33.7 Å². The maximum absolute atomic E-state index is 12.6. The smallest absolute Gasteiger partial charge is 0.207 e. The van der Waals surface area contributed by atoms with Crippen molar-refractivity contribution in [3.63, 3.8) is 0 Å². The molecule has 1 aromatic carbocycles. The molecule has 1 aliphatic rings. The zero-order chi connectivity index (χ0) is 14.3. The van der Waals surface area contributed by atoms with E-state index in [1.54, 1.807) is 12.1 Å². The van der Waals surface area contributed by atoms with Crippen molar-refractivity contribution in [1.82, 2.24) is 0 Å². The van der Waals surface area contributed by atoms with Crippen LogP contribution in [0.3, 0.4) is 0 Å². The molecule has 0 spiro atoms. The van der Waals surface area contributed by atoms with Crippen LogP contribution in [0.4, 0.5) is 0 Å². The lowest BCUT2D eigenvalue weighted by Gasteiger charge is -2.15. The van der Waals surface area contributed by atoms with Crippen LogP contribution in [-0.2, 0) is 6.42 Å². The molecule has 0 N–H and O–H groups in total. The number of carbonyl (C=O) groups is 1. The predicted molar refractivity (Wildman–Crippen MR) is 72.9 cm³/mol. The van der Waals surface area contributed by atoms with Crippen LogP contribution in [0.15, 0.2) is 21.3 Å². The van der Waals surface area contributed by atoms with Gasteiger partial charge in [-0.3, -0.25) is 9.59 Å². The van der Waals surface area contributed by atoms with E-state index in [-0.39, 0.29) is 16.8 Å². The van der Waals surface area contributed by atoms with Crippen molar-refractivity contribution in [2.24, 2.45) is 0 Å². The van der Waals surface area contributed by atoms with E-state index in [1.165, 1.54) is 14.2 Å². The largest absolute Gasteiger partial charge is 0.496 e. The highest BCUT2D eigenvalue weighted by Crippen LogP contribution is 2.32. The molecule has 104 valence electrons. The standard InChI is InChI=1S/C15H14O5/c1-18-8-6-11(19-2)14-12(7-8)20-10-5-3-4-9(16)13(10)15(14)17/h6-7H,3-5H2,1-2H3. The van der Waals surface area contributed by atoms with Crippen LogP contribution < -0.4 is 14.9 Å². The van der Waals surface area contributed by atoms with Crippen molar-refractivity contribution in [2.75, 3.05) is 14.2 Å². The molecule has 0 amide bonds. The third-order valence-corrected chi connectivity index (χ3v) is 3.55. The summed E-state index contributed by atoms with van der Waals surface area (Å²) in [6.45, 7) is 0. The number of methoxy groups -OCH3 is 2. The highest BCUT2D eigenvalue weighted by atomic mass is 16.5. The first-order chi connectivity index (χ1) is 9.65. The quantitative estimate of drug-likeness (QED) is 0.840. The Bertz CT molecular complexity index is 757. The molecule has 1 aliphatic carbocycles. The van der Waals surface area contributed by atoms with Crippen LogP contribution in [0.1, 0.15) is 29.0 Å². The highest BCUT2D eigenvalue weighted by molar-refractivity contribution is 6.01. The molecule has 0 bridgehead atoms. The van der Waals surface area contributed by atoms with E-state index in [0.717, 1.165) is 0 Å². The minimum atomic E-state index is -0.314. The monoisotopic (exact) mass is 274 g/mol. The van der Waals surface area contributed by atoms with Crippen LogP contribution >= 0.6 is 0 Å². The molecule has 2 aromatic rings. The summed E-state index contributed by atoms with van der Waals surface area (Å²) in [5, 5.41) is 0.294. The average Bonchev–Trinajstić information content (AvgIpc) is 2.45. The summed E-state index contributed by atoms with van der Waals surface area (Å²) in [5.74, 6) is 1.21. The molecule has 0 radical (unpaired) electrons. The van der Waals surface area contributed by atoms with Gasteiger partial charge in [-0.15, -0.1) is 0 Å². The zero-order valence-corrected chi connectivity index (χ0v) is 11.3. The molecule has 3 rings (SSSR count). The first-order valence-corrected chi connectivity index (χ1v) is 6.40. The van der Waals surface area contributed by atoms with Crippen molar-refractivity contribution in [2.45, 2.75) is 19.3 Å². The molecule has 0 aliphatic heterocycles. The zero-order valence-electron chi connectivity index (χ0n) is 11.3. The third-order valence-electron chi connectivity index (χ3n) is 3.55. The van der Waals surface area contributed by atoms with Crippen LogP contribution in [0.2, 0.25) is 0 Å². The number of hydrogen-bond acceptors (Lipinski definition) is 5. The van der Waals surface area contributed by atoms with Gasteiger partial charge in [0.15, 0.2) is 5.78 Å². The lowest BCUT2D eigenvalue weighted by atomic mass is 9.94. The van der Waals surface area contributed by atoms with Gasteiger partial charge in [-0.05, 0) is 6.42 Å². The Morgan fingerprint density at radius 1 is 1.10 bits per heavy atom. The SMILES string of the molecule is COc1cc(OC)c2c(=O)c3c(oc2c1)CCCC3=O. The Labute approximate surface area is 115 Å². The van der Waals surface area contributed by atoms with E-state index in [4.69, 9.17) is 13.9 Å². The van der Waals surface area contributed by atoms with Crippen molar-refractivity contribution >= 4 is 16.8 Å². The third kappa shape index (κ3) is 1.78. The minimum Gasteiger partial charge on any atom is -0.496 e. The van der Waals surface area contributed by atoms with Crippen LogP contribution in [0.25, 0.3) is 11.0 Å². The van der Waals surface area contributed by atoms with Gasteiger partial charge in [-0.1, -0.05) is 0 Å². The summed E-state index contributed by atoms with van der Waals surface area (Å²) in [5.41, 5.74) is 0.248. The van der Waals surface area contributed by atoms with Gasteiger partial charge >= 0.3 is 0 Å². The second-order valence-electron chi connectivity index (χ2n) is 4.71. The lowest BCUT2D eigenvalue weighted by molar-refractivity contribution is 0.0966. The van der Waals surface area contributed by atoms with Gasteiger partial charge in [0.05, 0.1) is 14.2 Å². The number of aryl methyl sites for hydroxylation is 1. The Morgan fingerprint density at radius 2 is 1.90 bits per heavy atom. The lowest BCUT2D eigenvalue weighted by Crippen LogP contribution is -2.22. The Balaban J connectivity index is 2.42. The molecule has 5 nitrogen and oxygen atoms in total. The van der Waals surface area contributed by atoms with E-state index >= 15 is 0 Å². The van der Waals surface area contributed by atoms with Gasteiger partial charge in [0.2, 0.25) is 5.43 Å². The van der Waals surface area contributed by atoms with Crippen LogP contribution in [-0.4, -0.2) is 20.0 Å². The number of fused-ring (bicyclic) bond motifs is 2. The van der Waals surface area contributed by atoms with Crippen molar-refractivity contribution in [1.29, 1.82) is 0 Å². The normalized spacial score (nSPS) is 14.2. The molecular formula is C15H14O5. The number of carbonyl (C=O) groups excluding carboxylic acids is 1. The van der Waals surface area contributed by atoms with E-state index in [9.17, 15) is 9.59 Å². The number of Topliss-reactive ketones (excluding diaryl/α,β-unsaturated/α-hetero) is 1. The van der Waals surface area contributed by atoms with Crippen LogP contribution in [0.5, 0.6) is 11.5 Å². The van der Waals surface area contributed by atoms with E-state index in [1.807, 2.05) is 0 Å². The fraction of sp³-hybridized carbons (Fsp3) is 0.333. The molecule has 1 heterocycles. The van der Waals surface area contributed by atoms with Crippen molar-refractivity contribution in [3.8, 4) is 11.5 Å². The number of ketones is 1. The van der Waals surface area contributed by atoms with Gasteiger partial charge in [0, 0.05) is 25.0 Å². The fourth-order valence-electron chi connectivity index (χ4n) is 2.58. The molecule has 20 heavy (non-hydrogen) atoms. The predicted octanol–water partition coefficient (Wildman–Crippen LogP) is 2.33. The van der Waals surface area contributed by atoms with Gasteiger partial charge in [-0.25, -0.2) is 0 Å². The molecule has 0 unspecified atom stereocenters. The number of hydrogen-bond donors (Lipinski definition) is 0. The van der Waals surface area contributed by atoms with E-state index in [2.05, 4.69) is 0 Å². The molecule has 1 aromatic heterocycles. The summed E-state index contributed by atoms with van der Waals surface area (Å²) in [7, 11) is 3.00. The topological polar surface area (TPSA) is 65.7 Å². The second-order valence-corrected chi connectivity index (χ2v) is 4.71. The first-order valence-electron chi connectivity index (χ1n) is 6.40. The summed E-state index contributed by atoms with van der Waals surface area (Å²) in [4.78, 5) is 24.5. The summed E-state index contributed by atoms with van der Waals surface area (Å²) < 4.78 is 16.1. The number of ether oxygens (including phenoxy) is 2. The highest BCUT2D eigenvalue weighted by Gasteiger charge is 2.26. The van der Waals surface area contributed by atoms with Gasteiger partial charge < -0.3 is 13.9 Å². The summed E-state index contributed by atoms with van der Waals surface area (Å²) in [6.07, 6.45) is 1.70. The molecule has 0 saturated carbocycles. The number of rotatable bonds is 2. The first kappa shape index (κ1) is 12.7. The molecule has 5 heteroatoms. The van der Waals surface area contributed by atoms with E-state index < -0.39 is 0 Å². The molecule has 0 fully saturated rings. The fourth-order valence-corrected chi connectivity index (χ4v) is 2.58. The second kappa shape index (κ2) is 4.67. The Hall–Kier alpha value is -2.30. The maximum Gasteiger partial charge on any atom is 0.207 e. The molecular weight excluding hydrogens is 260 g/mol. The Kier molecular flexibility index (Phi) is 2.97. The molecule has 0 saturated heterocycles. The number of benzene rings is 1. The van der Waals surface area contributed by atoms with Crippen molar-refractivity contribution < 1.29 is 18.7 Å². The minimum absolute atomic E-state index is 0.153. The maximum atomic E-state index is 12.6. The van der Waals surface area contributed by atoms with Gasteiger partial charge in [-0.2, -0.15) is 0 Å². The summed E-state index contributed by atoms with van der Waals surface area (Å²) >= 11 is 0.